The molecule has 0 saturated heterocycles. The first kappa shape index (κ1) is 17.5. The van der Waals surface area contributed by atoms with Gasteiger partial charge < -0.3 is 20.4 Å². The van der Waals surface area contributed by atoms with Gasteiger partial charge in [-0.05, 0) is 30.5 Å². The van der Waals surface area contributed by atoms with E-state index in [1.165, 1.54) is 7.11 Å². The van der Waals surface area contributed by atoms with E-state index in [4.69, 9.17) is 4.74 Å². The van der Waals surface area contributed by atoms with Crippen molar-refractivity contribution < 1.29 is 14.3 Å². The summed E-state index contributed by atoms with van der Waals surface area (Å²) in [6.07, 6.45) is 1.58. The molecule has 128 valence electrons. The topological polar surface area (TPSA) is 112 Å². The molecule has 0 aliphatic rings. The number of hydrogen-bond acceptors (Lipinski definition) is 5. The predicted molar refractivity (Wildman–Crippen MR) is 91.1 cm³/mol. The van der Waals surface area contributed by atoms with E-state index in [2.05, 4.69) is 20.9 Å². The van der Waals surface area contributed by atoms with Gasteiger partial charge in [0.25, 0.3) is 5.56 Å². The van der Waals surface area contributed by atoms with E-state index in [0.717, 1.165) is 5.39 Å². The van der Waals surface area contributed by atoms with Gasteiger partial charge in [0.15, 0.2) is 0 Å². The molecule has 0 radical (unpaired) electrons. The number of pyridine rings is 1. The lowest BCUT2D eigenvalue weighted by Crippen LogP contribution is -2.46. The van der Waals surface area contributed by atoms with Crippen molar-refractivity contribution in [1.29, 1.82) is 0 Å². The van der Waals surface area contributed by atoms with Crippen LogP contribution >= 0.6 is 0 Å². The molecule has 0 aliphatic carbocycles. The maximum Gasteiger partial charge on any atom is 0.321 e. The van der Waals surface area contributed by atoms with Crippen LogP contribution in [0.3, 0.4) is 0 Å². The zero-order valence-electron chi connectivity index (χ0n) is 13.5. The minimum atomic E-state index is -0.582. The van der Waals surface area contributed by atoms with Gasteiger partial charge in [0.1, 0.15) is 0 Å². The predicted octanol–water partition coefficient (Wildman–Crippen LogP) is 0.801. The van der Waals surface area contributed by atoms with E-state index in [1.54, 1.807) is 37.4 Å². The highest BCUT2D eigenvalue weighted by atomic mass is 16.5. The Morgan fingerprint density at radius 3 is 2.83 bits per heavy atom. The van der Waals surface area contributed by atoms with Crippen molar-refractivity contribution in [2.45, 2.75) is 13.0 Å². The van der Waals surface area contributed by atoms with Gasteiger partial charge in [-0.15, -0.1) is 0 Å². The van der Waals surface area contributed by atoms with Gasteiger partial charge in [0.2, 0.25) is 5.91 Å². The molecule has 0 bridgehead atoms. The summed E-state index contributed by atoms with van der Waals surface area (Å²) >= 11 is 0. The number of anilines is 1. The normalized spacial score (nSPS) is 11.8. The number of urea groups is 1. The zero-order valence-corrected chi connectivity index (χ0v) is 13.5. The number of imide groups is 1. The Kier molecular flexibility index (Phi) is 5.91. The summed E-state index contributed by atoms with van der Waals surface area (Å²) in [5.41, 5.74) is 0.412. The standard InChI is InChI=1S/C16H20N4O4/c1-10(9-24-2)19-16(23)20-14(21)8-18-12-4-3-11-5-6-17-15(22)13(11)7-12/h3-7,10,18H,8-9H2,1-2H3,(H,17,22)(H2,19,20,21,23). The highest BCUT2D eigenvalue weighted by molar-refractivity contribution is 5.96. The lowest BCUT2D eigenvalue weighted by Gasteiger charge is -2.13. The van der Waals surface area contributed by atoms with Gasteiger partial charge in [-0.25, -0.2) is 4.79 Å². The number of aromatic nitrogens is 1. The highest BCUT2D eigenvalue weighted by Gasteiger charge is 2.10. The van der Waals surface area contributed by atoms with E-state index < -0.39 is 11.9 Å². The average molecular weight is 332 g/mol. The van der Waals surface area contributed by atoms with Crippen LogP contribution in [0.4, 0.5) is 10.5 Å². The first-order valence-electron chi connectivity index (χ1n) is 7.44. The maximum absolute atomic E-state index is 11.8. The quantitative estimate of drug-likeness (QED) is 0.625. The number of methoxy groups -OCH3 is 1. The minimum absolute atomic E-state index is 0.0949. The molecular formula is C16H20N4O4. The molecule has 0 spiro atoms. The number of amides is 3. The fourth-order valence-corrected chi connectivity index (χ4v) is 2.20. The number of fused-ring (bicyclic) bond motifs is 1. The van der Waals surface area contributed by atoms with Crippen LogP contribution in [-0.4, -0.2) is 43.2 Å². The lowest BCUT2D eigenvalue weighted by atomic mass is 10.1. The van der Waals surface area contributed by atoms with Crippen LogP contribution < -0.4 is 21.5 Å². The number of aromatic amines is 1. The summed E-state index contributed by atoms with van der Waals surface area (Å²) in [5.74, 6) is -0.487. The Bertz CT molecular complexity index is 787. The Hall–Kier alpha value is -2.87. The Morgan fingerprint density at radius 2 is 2.08 bits per heavy atom. The van der Waals surface area contributed by atoms with E-state index in [9.17, 15) is 14.4 Å². The summed E-state index contributed by atoms with van der Waals surface area (Å²) in [5, 5.41) is 8.99. The van der Waals surface area contributed by atoms with Crippen LogP contribution in [0.1, 0.15) is 6.92 Å². The first-order valence-corrected chi connectivity index (χ1v) is 7.44. The molecule has 0 saturated carbocycles. The maximum atomic E-state index is 11.8. The van der Waals surface area contributed by atoms with Gasteiger partial charge in [-0.2, -0.15) is 0 Å². The molecule has 2 rings (SSSR count). The van der Waals surface area contributed by atoms with Gasteiger partial charge in [-0.1, -0.05) is 6.07 Å². The number of hydrogen-bond donors (Lipinski definition) is 4. The minimum Gasteiger partial charge on any atom is -0.383 e. The van der Waals surface area contributed by atoms with Gasteiger partial charge in [-0.3, -0.25) is 14.9 Å². The molecule has 4 N–H and O–H groups in total. The van der Waals surface area contributed by atoms with Crippen LogP contribution in [0.2, 0.25) is 0 Å². The molecule has 24 heavy (non-hydrogen) atoms. The number of carbonyl (C=O) groups excluding carboxylic acids is 2. The summed E-state index contributed by atoms with van der Waals surface area (Å²) in [6, 6.07) is 6.20. The van der Waals surface area contributed by atoms with Crippen molar-refractivity contribution in [3.63, 3.8) is 0 Å². The van der Waals surface area contributed by atoms with Crippen molar-refractivity contribution in [2.75, 3.05) is 25.6 Å². The van der Waals surface area contributed by atoms with Gasteiger partial charge in [0, 0.05) is 24.4 Å². The summed E-state index contributed by atoms with van der Waals surface area (Å²) < 4.78 is 4.89. The number of rotatable bonds is 6. The van der Waals surface area contributed by atoms with Crippen LogP contribution in [0.15, 0.2) is 35.3 Å². The number of ether oxygens (including phenoxy) is 1. The second-order valence-electron chi connectivity index (χ2n) is 5.34. The second-order valence-corrected chi connectivity index (χ2v) is 5.34. The van der Waals surface area contributed by atoms with E-state index in [0.29, 0.717) is 17.7 Å². The van der Waals surface area contributed by atoms with Crippen LogP contribution in [-0.2, 0) is 9.53 Å². The van der Waals surface area contributed by atoms with Crippen LogP contribution in [0.5, 0.6) is 0 Å². The SMILES string of the molecule is COCC(C)NC(=O)NC(=O)CNc1ccc2cc[nH]c(=O)c2c1. The largest absolute Gasteiger partial charge is 0.383 e. The number of H-pyrrole nitrogens is 1. The number of nitrogens with one attached hydrogen (secondary N) is 4. The fraction of sp³-hybridized carbons (Fsp3) is 0.312. The molecule has 3 amide bonds. The van der Waals surface area contributed by atoms with E-state index in [-0.39, 0.29) is 18.1 Å². The van der Waals surface area contributed by atoms with Crippen molar-refractivity contribution in [3.8, 4) is 0 Å². The van der Waals surface area contributed by atoms with Gasteiger partial charge in [0.05, 0.1) is 19.2 Å². The first-order chi connectivity index (χ1) is 11.5. The number of benzene rings is 1. The fourth-order valence-electron chi connectivity index (χ4n) is 2.20. The third-order valence-electron chi connectivity index (χ3n) is 3.28. The van der Waals surface area contributed by atoms with Crippen LogP contribution in [0.25, 0.3) is 10.8 Å². The molecule has 2 aromatic rings. The van der Waals surface area contributed by atoms with Gasteiger partial charge >= 0.3 is 6.03 Å². The Labute approximate surface area is 138 Å². The molecule has 0 fully saturated rings. The Morgan fingerprint density at radius 1 is 1.29 bits per heavy atom. The monoisotopic (exact) mass is 332 g/mol. The van der Waals surface area contributed by atoms with Crippen molar-refractivity contribution >= 4 is 28.4 Å². The van der Waals surface area contributed by atoms with Crippen molar-refractivity contribution in [3.05, 3.63) is 40.8 Å². The van der Waals surface area contributed by atoms with Crippen LogP contribution in [0, 0.1) is 0 Å². The Balaban J connectivity index is 1.89. The highest BCUT2D eigenvalue weighted by Crippen LogP contribution is 2.15. The van der Waals surface area contributed by atoms with Crippen molar-refractivity contribution in [2.24, 2.45) is 0 Å². The molecule has 1 aromatic carbocycles. The van der Waals surface area contributed by atoms with Crippen molar-refractivity contribution in [1.82, 2.24) is 15.6 Å². The molecular weight excluding hydrogens is 312 g/mol. The molecule has 8 heteroatoms. The van der Waals surface area contributed by atoms with E-state index in [1.807, 2.05) is 0 Å². The van der Waals surface area contributed by atoms with E-state index >= 15 is 0 Å². The summed E-state index contributed by atoms with van der Waals surface area (Å²) in [6.45, 7) is 2.02. The molecule has 1 heterocycles. The molecule has 1 unspecified atom stereocenters. The molecule has 1 atom stereocenters. The average Bonchev–Trinajstić information content (AvgIpc) is 2.53. The zero-order chi connectivity index (χ0) is 17.5. The molecule has 1 aromatic heterocycles. The third-order valence-corrected chi connectivity index (χ3v) is 3.28. The molecule has 8 nitrogen and oxygen atoms in total. The number of carbonyl (C=O) groups is 2. The molecule has 0 aliphatic heterocycles. The smallest absolute Gasteiger partial charge is 0.321 e. The second kappa shape index (κ2) is 8.11. The third kappa shape index (κ3) is 4.82. The summed E-state index contributed by atoms with van der Waals surface area (Å²) in [4.78, 5) is 37.7. The summed E-state index contributed by atoms with van der Waals surface area (Å²) in [7, 11) is 1.53. The lowest BCUT2D eigenvalue weighted by molar-refractivity contribution is -0.118.